The van der Waals surface area contributed by atoms with E-state index in [0.29, 0.717) is 6.04 Å². The maximum Gasteiger partial charge on any atom is 0.195 e. The molecular weight excluding hydrogens is 240 g/mol. The number of H-pyrrole nitrogens is 1. The Hall–Kier alpha value is -1.01. The van der Waals surface area contributed by atoms with Crippen LogP contribution in [-0.2, 0) is 0 Å². The number of nitrogens with one attached hydrogen (secondary N) is 1. The molecule has 2 heterocycles. The highest BCUT2D eigenvalue weighted by Gasteiger charge is 2.22. The fourth-order valence-electron chi connectivity index (χ4n) is 2.31. The average molecular weight is 252 g/mol. The standard InChI is InChI=1S/C10H12N4S2/c15-10-13-12-9(8-5-16-6-11-8)14(10)7-3-1-2-4-7/h5-7H,1-4H2,(H,13,15). The maximum absolute atomic E-state index is 5.30. The molecule has 1 saturated carbocycles. The molecule has 2 aromatic rings. The first kappa shape index (κ1) is 10.2. The summed E-state index contributed by atoms with van der Waals surface area (Å²) in [6, 6.07) is 0.503. The molecule has 0 atom stereocenters. The average Bonchev–Trinajstić information content (AvgIpc) is 2.96. The van der Waals surface area contributed by atoms with Crippen LogP contribution >= 0.6 is 23.6 Å². The zero-order chi connectivity index (χ0) is 11.0. The molecule has 1 aliphatic rings. The van der Waals surface area contributed by atoms with E-state index in [-0.39, 0.29) is 0 Å². The Balaban J connectivity index is 2.09. The Kier molecular flexibility index (Phi) is 2.61. The van der Waals surface area contributed by atoms with Crippen LogP contribution in [0.25, 0.3) is 11.5 Å². The quantitative estimate of drug-likeness (QED) is 0.835. The topological polar surface area (TPSA) is 46.5 Å². The lowest BCUT2D eigenvalue weighted by molar-refractivity contribution is 0.516. The second kappa shape index (κ2) is 4.10. The van der Waals surface area contributed by atoms with Gasteiger partial charge in [-0.15, -0.1) is 11.3 Å². The van der Waals surface area contributed by atoms with Crippen molar-refractivity contribution in [2.24, 2.45) is 0 Å². The van der Waals surface area contributed by atoms with Gasteiger partial charge in [-0.05, 0) is 25.1 Å². The minimum absolute atomic E-state index is 0.503. The van der Waals surface area contributed by atoms with Crippen molar-refractivity contribution in [3.8, 4) is 11.5 Å². The van der Waals surface area contributed by atoms with Crippen molar-refractivity contribution in [2.75, 3.05) is 0 Å². The lowest BCUT2D eigenvalue weighted by atomic mass is 10.2. The molecule has 0 aliphatic heterocycles. The SMILES string of the molecule is S=c1[nH]nc(-c2cscn2)n1C1CCCC1. The summed E-state index contributed by atoms with van der Waals surface area (Å²) < 4.78 is 2.85. The van der Waals surface area contributed by atoms with Crippen LogP contribution in [0.5, 0.6) is 0 Å². The molecule has 0 unspecified atom stereocenters. The summed E-state index contributed by atoms with van der Waals surface area (Å²) in [4.78, 5) is 4.30. The molecule has 3 rings (SSSR count). The molecule has 1 aliphatic carbocycles. The van der Waals surface area contributed by atoms with Crippen LogP contribution in [0.2, 0.25) is 0 Å². The van der Waals surface area contributed by atoms with Crippen molar-refractivity contribution in [3.05, 3.63) is 15.7 Å². The van der Waals surface area contributed by atoms with Crippen molar-refractivity contribution in [3.63, 3.8) is 0 Å². The van der Waals surface area contributed by atoms with E-state index in [1.807, 2.05) is 10.9 Å². The van der Waals surface area contributed by atoms with E-state index in [0.717, 1.165) is 16.3 Å². The van der Waals surface area contributed by atoms with E-state index in [2.05, 4.69) is 19.7 Å². The van der Waals surface area contributed by atoms with Crippen molar-refractivity contribution in [1.29, 1.82) is 0 Å². The number of aromatic amines is 1. The van der Waals surface area contributed by atoms with Crippen LogP contribution in [0.15, 0.2) is 10.9 Å². The van der Waals surface area contributed by atoms with Crippen LogP contribution in [0.3, 0.4) is 0 Å². The molecule has 4 nitrogen and oxygen atoms in total. The van der Waals surface area contributed by atoms with Gasteiger partial charge in [0.15, 0.2) is 10.6 Å². The van der Waals surface area contributed by atoms with Gasteiger partial charge >= 0.3 is 0 Å². The van der Waals surface area contributed by atoms with Gasteiger partial charge in [0.2, 0.25) is 0 Å². The fourth-order valence-corrected chi connectivity index (χ4v) is 3.12. The zero-order valence-electron chi connectivity index (χ0n) is 8.72. The third-order valence-electron chi connectivity index (χ3n) is 3.06. The molecule has 0 amide bonds. The summed E-state index contributed by atoms with van der Waals surface area (Å²) in [5.74, 6) is 0.887. The first-order valence-electron chi connectivity index (χ1n) is 5.42. The lowest BCUT2D eigenvalue weighted by Gasteiger charge is -2.12. The second-order valence-corrected chi connectivity index (χ2v) is 5.14. The monoisotopic (exact) mass is 252 g/mol. The van der Waals surface area contributed by atoms with E-state index in [1.165, 1.54) is 25.7 Å². The highest BCUT2D eigenvalue weighted by molar-refractivity contribution is 7.71. The molecule has 0 aromatic carbocycles. The summed E-state index contributed by atoms with van der Waals surface area (Å²) in [5, 5.41) is 9.19. The molecule has 1 N–H and O–H groups in total. The molecule has 0 saturated heterocycles. The maximum atomic E-state index is 5.30. The number of rotatable bonds is 2. The Bertz CT molecular complexity index is 519. The number of hydrogen-bond donors (Lipinski definition) is 1. The Morgan fingerprint density at radius 3 is 2.94 bits per heavy atom. The smallest absolute Gasteiger partial charge is 0.195 e. The molecule has 16 heavy (non-hydrogen) atoms. The number of hydrogen-bond acceptors (Lipinski definition) is 4. The third kappa shape index (κ3) is 1.62. The summed E-state index contributed by atoms with van der Waals surface area (Å²) in [7, 11) is 0. The lowest BCUT2D eigenvalue weighted by Crippen LogP contribution is -2.06. The summed E-state index contributed by atoms with van der Waals surface area (Å²) >= 11 is 6.89. The number of aromatic nitrogens is 4. The van der Waals surface area contributed by atoms with E-state index in [4.69, 9.17) is 12.2 Å². The molecule has 0 spiro atoms. The van der Waals surface area contributed by atoms with Gasteiger partial charge < -0.3 is 0 Å². The number of thiazole rings is 1. The van der Waals surface area contributed by atoms with Gasteiger partial charge in [0.25, 0.3) is 0 Å². The van der Waals surface area contributed by atoms with Gasteiger partial charge in [-0.2, -0.15) is 5.10 Å². The van der Waals surface area contributed by atoms with Crippen LogP contribution in [0.1, 0.15) is 31.7 Å². The minimum atomic E-state index is 0.503. The molecule has 0 bridgehead atoms. The Morgan fingerprint density at radius 1 is 1.44 bits per heavy atom. The fraction of sp³-hybridized carbons (Fsp3) is 0.500. The third-order valence-corrected chi connectivity index (χ3v) is 3.93. The normalized spacial score (nSPS) is 17.0. The van der Waals surface area contributed by atoms with Crippen molar-refractivity contribution < 1.29 is 0 Å². The molecule has 0 radical (unpaired) electrons. The molecule has 6 heteroatoms. The van der Waals surface area contributed by atoms with Gasteiger partial charge in [-0.1, -0.05) is 12.8 Å². The van der Waals surface area contributed by atoms with Crippen LogP contribution in [-0.4, -0.2) is 19.7 Å². The van der Waals surface area contributed by atoms with Crippen LogP contribution in [0, 0.1) is 4.77 Å². The van der Waals surface area contributed by atoms with Crippen molar-refractivity contribution >= 4 is 23.6 Å². The van der Waals surface area contributed by atoms with Crippen LogP contribution in [0.4, 0.5) is 0 Å². The highest BCUT2D eigenvalue weighted by Crippen LogP contribution is 2.32. The summed E-state index contributed by atoms with van der Waals surface area (Å²) in [6.07, 6.45) is 4.97. The largest absolute Gasteiger partial charge is 0.296 e. The molecule has 2 aromatic heterocycles. The molecular formula is C10H12N4S2. The summed E-state index contributed by atoms with van der Waals surface area (Å²) in [5.41, 5.74) is 2.75. The van der Waals surface area contributed by atoms with E-state index < -0.39 is 0 Å². The van der Waals surface area contributed by atoms with Gasteiger partial charge in [0.1, 0.15) is 5.69 Å². The van der Waals surface area contributed by atoms with E-state index in [1.54, 1.807) is 11.3 Å². The van der Waals surface area contributed by atoms with E-state index >= 15 is 0 Å². The highest BCUT2D eigenvalue weighted by atomic mass is 32.1. The first-order valence-corrected chi connectivity index (χ1v) is 6.77. The molecule has 1 fully saturated rings. The van der Waals surface area contributed by atoms with Gasteiger partial charge in [-0.3, -0.25) is 9.67 Å². The predicted molar refractivity (Wildman–Crippen MR) is 66.0 cm³/mol. The zero-order valence-corrected chi connectivity index (χ0v) is 10.4. The van der Waals surface area contributed by atoms with E-state index in [9.17, 15) is 0 Å². The molecule has 84 valence electrons. The van der Waals surface area contributed by atoms with Gasteiger partial charge in [0.05, 0.1) is 5.51 Å². The summed E-state index contributed by atoms with van der Waals surface area (Å²) in [6.45, 7) is 0. The van der Waals surface area contributed by atoms with Crippen molar-refractivity contribution in [2.45, 2.75) is 31.7 Å². The predicted octanol–water partition coefficient (Wildman–Crippen LogP) is 3.18. The Labute approximate surface area is 102 Å². The number of nitrogens with zero attached hydrogens (tertiary/aromatic N) is 3. The van der Waals surface area contributed by atoms with Gasteiger partial charge in [0, 0.05) is 11.4 Å². The van der Waals surface area contributed by atoms with Crippen molar-refractivity contribution in [1.82, 2.24) is 19.7 Å². The first-order chi connectivity index (χ1) is 7.86. The minimum Gasteiger partial charge on any atom is -0.296 e. The van der Waals surface area contributed by atoms with Gasteiger partial charge in [-0.25, -0.2) is 4.98 Å². The Morgan fingerprint density at radius 2 is 2.25 bits per heavy atom. The second-order valence-electron chi connectivity index (χ2n) is 4.03. The van der Waals surface area contributed by atoms with Crippen LogP contribution < -0.4 is 0 Å².